The Morgan fingerprint density at radius 2 is 1.84 bits per heavy atom. The Morgan fingerprint density at radius 3 is 2.58 bits per heavy atom. The van der Waals surface area contributed by atoms with Gasteiger partial charge in [0.25, 0.3) is 0 Å². The average Bonchev–Trinajstić information content (AvgIpc) is 2.77. The van der Waals surface area contributed by atoms with E-state index in [0.29, 0.717) is 12.0 Å². The lowest BCUT2D eigenvalue weighted by molar-refractivity contribution is 0.532. The first-order chi connectivity index (χ1) is 9.28. The van der Waals surface area contributed by atoms with Gasteiger partial charge in [-0.2, -0.15) is 0 Å². The highest BCUT2D eigenvalue weighted by atomic mass is 14.9. The van der Waals surface area contributed by atoms with Crippen molar-refractivity contribution in [3.63, 3.8) is 0 Å². The Bertz CT molecular complexity index is 573. The van der Waals surface area contributed by atoms with Crippen molar-refractivity contribution in [2.24, 2.45) is 0 Å². The number of nitrogens with one attached hydrogen (secondary N) is 1. The summed E-state index contributed by atoms with van der Waals surface area (Å²) in [5.41, 5.74) is 5.83. The number of fused-ring (bicyclic) bond motifs is 1. The van der Waals surface area contributed by atoms with Crippen LogP contribution >= 0.6 is 0 Å². The van der Waals surface area contributed by atoms with Crippen LogP contribution < -0.4 is 5.32 Å². The van der Waals surface area contributed by atoms with Crippen LogP contribution in [-0.2, 0) is 6.42 Å². The molecule has 0 unspecified atom stereocenters. The zero-order chi connectivity index (χ0) is 13.2. The van der Waals surface area contributed by atoms with Gasteiger partial charge in [-0.3, -0.25) is 0 Å². The fraction of sp³-hybridized carbons (Fsp3) is 0.333. The van der Waals surface area contributed by atoms with Gasteiger partial charge in [0.05, 0.1) is 0 Å². The van der Waals surface area contributed by atoms with Crippen molar-refractivity contribution in [3.8, 4) is 0 Å². The molecular formula is C18H21N. The maximum absolute atomic E-state index is 3.45. The van der Waals surface area contributed by atoms with Crippen LogP contribution in [-0.4, -0.2) is 7.05 Å². The molecule has 0 aromatic heterocycles. The summed E-state index contributed by atoms with van der Waals surface area (Å²) in [5, 5.41) is 3.45. The molecule has 0 bridgehead atoms. The minimum atomic E-state index is 0.519. The van der Waals surface area contributed by atoms with E-state index in [4.69, 9.17) is 0 Å². The molecule has 0 fully saturated rings. The third kappa shape index (κ3) is 2.43. The zero-order valence-corrected chi connectivity index (χ0v) is 11.7. The van der Waals surface area contributed by atoms with Crippen molar-refractivity contribution in [2.75, 3.05) is 7.05 Å². The van der Waals surface area contributed by atoms with Crippen molar-refractivity contribution in [2.45, 2.75) is 31.7 Å². The van der Waals surface area contributed by atoms with Crippen LogP contribution in [0.4, 0.5) is 0 Å². The molecule has 1 aliphatic rings. The topological polar surface area (TPSA) is 12.0 Å². The van der Waals surface area contributed by atoms with Gasteiger partial charge in [0.1, 0.15) is 0 Å². The van der Waals surface area contributed by atoms with Crippen molar-refractivity contribution >= 4 is 0 Å². The normalized spacial score (nSPS) is 21.4. The summed E-state index contributed by atoms with van der Waals surface area (Å²) < 4.78 is 0. The number of benzene rings is 2. The summed E-state index contributed by atoms with van der Waals surface area (Å²) in [5.74, 6) is 0.649. The largest absolute Gasteiger partial charge is 0.313 e. The van der Waals surface area contributed by atoms with Crippen LogP contribution in [0.15, 0.2) is 48.5 Å². The summed E-state index contributed by atoms with van der Waals surface area (Å²) in [7, 11) is 2.07. The van der Waals surface area contributed by atoms with Crippen molar-refractivity contribution in [3.05, 3.63) is 70.8 Å². The second kappa shape index (κ2) is 5.18. The molecule has 19 heavy (non-hydrogen) atoms. The molecule has 2 atom stereocenters. The lowest BCUT2D eigenvalue weighted by Crippen LogP contribution is -2.13. The predicted molar refractivity (Wildman–Crippen MR) is 80.5 cm³/mol. The quantitative estimate of drug-likeness (QED) is 0.870. The molecule has 0 spiro atoms. The number of hydrogen-bond donors (Lipinski definition) is 1. The van der Waals surface area contributed by atoms with E-state index in [-0.39, 0.29) is 0 Å². The lowest BCUT2D eigenvalue weighted by Gasteiger charge is -2.12. The van der Waals surface area contributed by atoms with Gasteiger partial charge in [0, 0.05) is 6.04 Å². The molecule has 1 nitrogen and oxygen atoms in total. The first-order valence-corrected chi connectivity index (χ1v) is 7.09. The van der Waals surface area contributed by atoms with E-state index < -0.39 is 0 Å². The van der Waals surface area contributed by atoms with Gasteiger partial charge >= 0.3 is 0 Å². The number of hydrogen-bond acceptors (Lipinski definition) is 1. The lowest BCUT2D eigenvalue weighted by atomic mass is 9.93. The third-order valence-electron chi connectivity index (χ3n) is 4.24. The number of rotatable bonds is 3. The Hall–Kier alpha value is -1.60. The van der Waals surface area contributed by atoms with Gasteiger partial charge in [-0.25, -0.2) is 0 Å². The molecule has 0 saturated carbocycles. The number of aryl methyl sites for hydroxylation is 1. The van der Waals surface area contributed by atoms with Crippen LogP contribution in [0, 0.1) is 6.92 Å². The first kappa shape index (κ1) is 12.4. The zero-order valence-electron chi connectivity index (χ0n) is 11.7. The maximum Gasteiger partial charge on any atom is 0.0326 e. The van der Waals surface area contributed by atoms with E-state index in [0.717, 1.165) is 6.42 Å². The molecule has 1 N–H and O–H groups in total. The molecule has 1 heteroatoms. The fourth-order valence-electron chi connectivity index (χ4n) is 3.33. The van der Waals surface area contributed by atoms with Crippen molar-refractivity contribution in [1.82, 2.24) is 5.32 Å². The van der Waals surface area contributed by atoms with E-state index in [9.17, 15) is 0 Å². The maximum atomic E-state index is 3.45. The first-order valence-electron chi connectivity index (χ1n) is 7.09. The van der Waals surface area contributed by atoms with E-state index in [2.05, 4.69) is 67.8 Å². The summed E-state index contributed by atoms with van der Waals surface area (Å²) in [6.45, 7) is 2.17. The average molecular weight is 251 g/mol. The SMILES string of the molecule is CN[C@@H]1C[C@@H](Cc2cccc(C)c2)c2ccccc21. The molecule has 0 heterocycles. The van der Waals surface area contributed by atoms with E-state index in [1.54, 1.807) is 0 Å². The van der Waals surface area contributed by atoms with Gasteiger partial charge in [-0.05, 0) is 49.4 Å². The van der Waals surface area contributed by atoms with Crippen molar-refractivity contribution in [1.29, 1.82) is 0 Å². The van der Waals surface area contributed by atoms with Crippen molar-refractivity contribution < 1.29 is 0 Å². The van der Waals surface area contributed by atoms with Crippen LogP contribution in [0.2, 0.25) is 0 Å². The highest BCUT2D eigenvalue weighted by Gasteiger charge is 2.29. The summed E-state index contributed by atoms with van der Waals surface area (Å²) >= 11 is 0. The Labute approximate surface area is 115 Å². The van der Waals surface area contributed by atoms with Gasteiger partial charge in [-0.1, -0.05) is 54.1 Å². The molecule has 0 radical (unpaired) electrons. The van der Waals surface area contributed by atoms with Gasteiger partial charge in [0.15, 0.2) is 0 Å². The van der Waals surface area contributed by atoms with Gasteiger partial charge in [-0.15, -0.1) is 0 Å². The minimum Gasteiger partial charge on any atom is -0.313 e. The van der Waals surface area contributed by atoms with E-state index in [1.807, 2.05) is 0 Å². The Morgan fingerprint density at radius 1 is 1.05 bits per heavy atom. The molecule has 1 aliphatic carbocycles. The van der Waals surface area contributed by atoms with Crippen LogP contribution in [0.3, 0.4) is 0 Å². The smallest absolute Gasteiger partial charge is 0.0326 e. The van der Waals surface area contributed by atoms with Crippen LogP contribution in [0.1, 0.15) is 40.6 Å². The molecule has 2 aromatic rings. The van der Waals surface area contributed by atoms with Crippen LogP contribution in [0.25, 0.3) is 0 Å². The molecule has 3 rings (SSSR count). The molecular weight excluding hydrogens is 230 g/mol. The standard InChI is InChI=1S/C18H21N/c1-13-6-5-7-14(10-13)11-15-12-18(19-2)17-9-4-3-8-16(15)17/h3-10,15,18-19H,11-12H2,1-2H3/t15-,18-/m1/s1. The molecule has 0 amide bonds. The summed E-state index contributed by atoms with van der Waals surface area (Å²) in [6.07, 6.45) is 2.36. The summed E-state index contributed by atoms with van der Waals surface area (Å²) in [4.78, 5) is 0. The van der Waals surface area contributed by atoms with Gasteiger partial charge < -0.3 is 5.32 Å². The molecule has 98 valence electrons. The van der Waals surface area contributed by atoms with E-state index >= 15 is 0 Å². The van der Waals surface area contributed by atoms with E-state index in [1.165, 1.54) is 28.7 Å². The van der Waals surface area contributed by atoms with Gasteiger partial charge in [0.2, 0.25) is 0 Å². The molecule has 0 saturated heterocycles. The predicted octanol–water partition coefficient (Wildman–Crippen LogP) is 3.99. The molecule has 0 aliphatic heterocycles. The second-order valence-electron chi connectivity index (χ2n) is 5.60. The van der Waals surface area contributed by atoms with Crippen LogP contribution in [0.5, 0.6) is 0 Å². The fourth-order valence-corrected chi connectivity index (χ4v) is 3.33. The minimum absolute atomic E-state index is 0.519. The highest BCUT2D eigenvalue weighted by Crippen LogP contribution is 2.41. The highest BCUT2D eigenvalue weighted by molar-refractivity contribution is 5.39. The second-order valence-corrected chi connectivity index (χ2v) is 5.60. The Balaban J connectivity index is 1.87. The Kier molecular flexibility index (Phi) is 3.39. The summed E-state index contributed by atoms with van der Waals surface area (Å²) in [6, 6.07) is 18.3. The third-order valence-corrected chi connectivity index (χ3v) is 4.24. The molecule has 2 aromatic carbocycles. The monoisotopic (exact) mass is 251 g/mol.